The molecule has 2 fully saturated rings. The zero-order chi connectivity index (χ0) is 51.7. The molecule has 0 aromatic rings. The van der Waals surface area contributed by atoms with Crippen LogP contribution in [0.2, 0.25) is 0 Å². The number of aliphatic hydroxyl groups is 7. The molecule has 0 bridgehead atoms. The van der Waals surface area contributed by atoms with Crippen molar-refractivity contribution in [3.8, 4) is 0 Å². The summed E-state index contributed by atoms with van der Waals surface area (Å²) in [6, 6.07) is 0. The molecule has 0 radical (unpaired) electrons. The second-order valence-electron chi connectivity index (χ2n) is 19.4. The van der Waals surface area contributed by atoms with E-state index in [1.165, 1.54) is 83.5 Å². The molecule has 15 nitrogen and oxygen atoms in total. The summed E-state index contributed by atoms with van der Waals surface area (Å²) < 4.78 is 33.6. The number of carbonyl (C=O) groups excluding carboxylic acids is 2. The lowest BCUT2D eigenvalue weighted by atomic mass is 9.98. The number of rotatable bonds is 43. The smallest absolute Gasteiger partial charge is 0.306 e. The Labute approximate surface area is 427 Å². The molecule has 412 valence electrons. The highest BCUT2D eigenvalue weighted by Gasteiger charge is 2.47. The summed E-state index contributed by atoms with van der Waals surface area (Å²) in [5.74, 6) is -0.929. The topological polar surface area (TPSA) is 231 Å². The lowest BCUT2D eigenvalue weighted by Gasteiger charge is -2.42. The van der Waals surface area contributed by atoms with Crippen molar-refractivity contribution in [2.24, 2.45) is 0 Å². The average molecular weight is 1010 g/mol. The number of aliphatic hydroxyl groups excluding tert-OH is 7. The van der Waals surface area contributed by atoms with E-state index in [9.17, 15) is 45.3 Å². The maximum absolute atomic E-state index is 13.0. The first-order valence-electron chi connectivity index (χ1n) is 27.7. The number of carbonyl (C=O) groups is 2. The molecule has 0 aromatic heterocycles. The van der Waals surface area contributed by atoms with E-state index in [0.717, 1.165) is 77.0 Å². The van der Waals surface area contributed by atoms with Crippen LogP contribution in [0.5, 0.6) is 0 Å². The highest BCUT2D eigenvalue weighted by atomic mass is 16.7. The van der Waals surface area contributed by atoms with Crippen molar-refractivity contribution in [3.63, 3.8) is 0 Å². The van der Waals surface area contributed by atoms with Gasteiger partial charge in [-0.15, -0.1) is 0 Å². The summed E-state index contributed by atoms with van der Waals surface area (Å²) in [5.41, 5.74) is 0. The van der Waals surface area contributed by atoms with Crippen molar-refractivity contribution in [2.75, 3.05) is 26.4 Å². The van der Waals surface area contributed by atoms with E-state index in [-0.39, 0.29) is 26.1 Å². The maximum atomic E-state index is 13.0. The van der Waals surface area contributed by atoms with E-state index in [1.54, 1.807) is 0 Å². The molecule has 11 unspecified atom stereocenters. The second-order valence-corrected chi connectivity index (χ2v) is 19.4. The van der Waals surface area contributed by atoms with Crippen LogP contribution in [-0.2, 0) is 38.0 Å². The molecule has 0 aliphatic carbocycles. The third kappa shape index (κ3) is 30.4. The maximum Gasteiger partial charge on any atom is 0.306 e. The van der Waals surface area contributed by atoms with E-state index >= 15 is 0 Å². The van der Waals surface area contributed by atoms with Crippen LogP contribution in [0, 0.1) is 0 Å². The van der Waals surface area contributed by atoms with Gasteiger partial charge in [0.05, 0.1) is 19.8 Å². The largest absolute Gasteiger partial charge is 0.462 e. The van der Waals surface area contributed by atoms with E-state index in [1.807, 2.05) is 0 Å². The Morgan fingerprint density at radius 1 is 0.465 bits per heavy atom. The van der Waals surface area contributed by atoms with Gasteiger partial charge in [0, 0.05) is 12.8 Å². The van der Waals surface area contributed by atoms with Crippen LogP contribution in [0.25, 0.3) is 0 Å². The van der Waals surface area contributed by atoms with Gasteiger partial charge in [-0.2, -0.15) is 0 Å². The number of esters is 2. The molecule has 7 N–H and O–H groups in total. The molecule has 0 aromatic carbocycles. The van der Waals surface area contributed by atoms with Crippen LogP contribution in [0.1, 0.15) is 200 Å². The third-order valence-corrected chi connectivity index (χ3v) is 13.1. The van der Waals surface area contributed by atoms with Gasteiger partial charge in [0.1, 0.15) is 55.4 Å². The minimum Gasteiger partial charge on any atom is -0.462 e. The van der Waals surface area contributed by atoms with Crippen molar-refractivity contribution in [1.82, 2.24) is 0 Å². The Balaban J connectivity index is 1.77. The Bertz CT molecular complexity index is 1420. The van der Waals surface area contributed by atoms with E-state index < -0.39 is 92.7 Å². The van der Waals surface area contributed by atoms with Crippen LogP contribution in [0.3, 0.4) is 0 Å². The van der Waals surface area contributed by atoms with Gasteiger partial charge < -0.3 is 64.2 Å². The normalized spacial score (nSPS) is 25.5. The first-order chi connectivity index (χ1) is 34.5. The molecule has 2 aliphatic rings. The molecule has 2 heterocycles. The van der Waals surface area contributed by atoms with E-state index in [0.29, 0.717) is 12.8 Å². The molecule has 2 rings (SSSR count). The van der Waals surface area contributed by atoms with Crippen molar-refractivity contribution in [2.45, 2.75) is 268 Å². The number of hydrogen-bond donors (Lipinski definition) is 7. The molecule has 71 heavy (non-hydrogen) atoms. The third-order valence-electron chi connectivity index (χ3n) is 13.1. The monoisotopic (exact) mass is 1010 g/mol. The van der Waals surface area contributed by atoms with Gasteiger partial charge in [-0.1, -0.05) is 184 Å². The van der Waals surface area contributed by atoms with Gasteiger partial charge in [-0.05, 0) is 51.4 Å². The summed E-state index contributed by atoms with van der Waals surface area (Å²) in [6.45, 7) is 2.49. The molecular weight excluding hydrogens is 913 g/mol. The summed E-state index contributed by atoms with van der Waals surface area (Å²) in [5, 5.41) is 72.2. The zero-order valence-corrected chi connectivity index (χ0v) is 43.7. The minimum absolute atomic E-state index is 0.156. The fraction of sp³-hybridized carbons (Fsp3) is 0.821. The predicted molar refractivity (Wildman–Crippen MR) is 275 cm³/mol. The highest BCUT2D eigenvalue weighted by molar-refractivity contribution is 5.70. The summed E-state index contributed by atoms with van der Waals surface area (Å²) in [4.78, 5) is 25.8. The van der Waals surface area contributed by atoms with Crippen LogP contribution in [0.4, 0.5) is 0 Å². The van der Waals surface area contributed by atoms with Crippen LogP contribution >= 0.6 is 0 Å². The standard InChI is InChI=1S/C56H98O15/c1-3-5-7-9-11-13-15-17-19-20-21-22-23-24-25-27-29-31-33-35-37-39-48(59)69-44(41-66-47(58)38-36-34-32-30-28-26-18-16-14-12-10-8-6-4-2)42-67-55-54(65)52(63)50(61)46(71-55)43-68-56-53(64)51(62)49(60)45(40-57)70-56/h5,7,11,13,17,19,21-22,44-46,49-57,60-65H,3-4,6,8-10,12,14-16,18,20,23-43H2,1-2H3/b7-5-,13-11-,19-17-,22-21-. The average Bonchev–Trinajstić information content (AvgIpc) is 3.36. The summed E-state index contributed by atoms with van der Waals surface area (Å²) >= 11 is 0. The second kappa shape index (κ2) is 42.8. The fourth-order valence-electron chi connectivity index (χ4n) is 8.56. The molecule has 0 amide bonds. The van der Waals surface area contributed by atoms with Gasteiger partial charge >= 0.3 is 11.9 Å². The Kier molecular flexibility index (Phi) is 38.9. The lowest BCUT2D eigenvalue weighted by Crippen LogP contribution is -2.61. The molecule has 0 spiro atoms. The molecule has 2 aliphatic heterocycles. The van der Waals surface area contributed by atoms with E-state index in [4.69, 9.17) is 28.4 Å². The van der Waals surface area contributed by atoms with Crippen molar-refractivity contribution in [1.29, 1.82) is 0 Å². The Hall–Kier alpha value is -2.54. The van der Waals surface area contributed by atoms with Crippen LogP contribution in [-0.4, -0.2) is 142 Å². The molecule has 11 atom stereocenters. The first-order valence-corrected chi connectivity index (χ1v) is 27.7. The van der Waals surface area contributed by atoms with Crippen molar-refractivity contribution >= 4 is 11.9 Å². The molecule has 0 saturated carbocycles. The van der Waals surface area contributed by atoms with Gasteiger partial charge in [0.25, 0.3) is 0 Å². The summed E-state index contributed by atoms with van der Waals surface area (Å²) in [6.07, 6.45) is 31.3. The van der Waals surface area contributed by atoms with Crippen LogP contribution < -0.4 is 0 Å². The van der Waals surface area contributed by atoms with Gasteiger partial charge in [0.15, 0.2) is 18.7 Å². The number of allylic oxidation sites excluding steroid dienone is 8. The molecular formula is C56H98O15. The number of ether oxygens (including phenoxy) is 6. The quantitative estimate of drug-likeness (QED) is 0.0172. The van der Waals surface area contributed by atoms with Crippen molar-refractivity contribution in [3.05, 3.63) is 48.6 Å². The van der Waals surface area contributed by atoms with E-state index in [2.05, 4.69) is 62.5 Å². The highest BCUT2D eigenvalue weighted by Crippen LogP contribution is 2.27. The predicted octanol–water partition coefficient (Wildman–Crippen LogP) is 8.66. The van der Waals surface area contributed by atoms with Crippen LogP contribution in [0.15, 0.2) is 48.6 Å². The lowest BCUT2D eigenvalue weighted by molar-refractivity contribution is -0.332. The van der Waals surface area contributed by atoms with Gasteiger partial charge in [-0.3, -0.25) is 9.59 Å². The number of hydrogen-bond acceptors (Lipinski definition) is 15. The molecule has 15 heteroatoms. The minimum atomic E-state index is -1.77. The first kappa shape index (κ1) is 64.6. The Morgan fingerprint density at radius 3 is 1.39 bits per heavy atom. The van der Waals surface area contributed by atoms with Crippen molar-refractivity contribution < 1.29 is 73.8 Å². The number of unbranched alkanes of at least 4 members (excludes halogenated alkanes) is 21. The Morgan fingerprint density at radius 2 is 0.887 bits per heavy atom. The fourth-order valence-corrected chi connectivity index (χ4v) is 8.56. The van der Waals surface area contributed by atoms with Gasteiger partial charge in [-0.25, -0.2) is 0 Å². The molecule has 2 saturated heterocycles. The summed E-state index contributed by atoms with van der Waals surface area (Å²) in [7, 11) is 0. The van der Waals surface area contributed by atoms with Gasteiger partial charge in [0.2, 0.25) is 0 Å². The zero-order valence-electron chi connectivity index (χ0n) is 43.7. The SMILES string of the molecule is CC/C=C\C/C=C\C/C=C\C/C=C\CCCCCCCCCCC(=O)OC(COC(=O)CCCCCCCCCCCCCCCC)COC1OC(COC2OC(CO)C(O)C(O)C2O)C(O)C(O)C1O.